The first-order valence-corrected chi connectivity index (χ1v) is 4.86. The zero-order valence-corrected chi connectivity index (χ0v) is 9.53. The van der Waals surface area contributed by atoms with E-state index in [1.165, 1.54) is 12.7 Å². The third-order valence-corrected chi connectivity index (χ3v) is 2.32. The van der Waals surface area contributed by atoms with Crippen LogP contribution in [-0.2, 0) is 9.53 Å². The van der Waals surface area contributed by atoms with Crippen molar-refractivity contribution in [3.05, 3.63) is 29.3 Å². The molecule has 82 valence electrons. The average Bonchev–Trinajstić information content (AvgIpc) is 2.22. The molecule has 0 aliphatic carbocycles. The molecule has 15 heavy (non-hydrogen) atoms. The lowest BCUT2D eigenvalue weighted by Gasteiger charge is -2.13. The summed E-state index contributed by atoms with van der Waals surface area (Å²) >= 11 is 0. The summed E-state index contributed by atoms with van der Waals surface area (Å²) in [5.41, 5.74) is 2.35. The van der Waals surface area contributed by atoms with Gasteiger partial charge in [0.15, 0.2) is 6.10 Å². The van der Waals surface area contributed by atoms with Gasteiger partial charge in [0.25, 0.3) is 0 Å². The van der Waals surface area contributed by atoms with Crippen LogP contribution in [0.15, 0.2) is 18.2 Å². The molecule has 0 radical (unpaired) electrons. The first-order chi connectivity index (χ1) is 7.04. The highest BCUT2D eigenvalue weighted by Crippen LogP contribution is 2.17. The molecule has 0 unspecified atom stereocenters. The van der Waals surface area contributed by atoms with Crippen LogP contribution in [-0.4, -0.2) is 19.2 Å². The summed E-state index contributed by atoms with van der Waals surface area (Å²) in [5, 5.41) is 0. The number of ether oxygens (including phenoxy) is 2. The van der Waals surface area contributed by atoms with Gasteiger partial charge in [-0.1, -0.05) is 6.07 Å². The summed E-state index contributed by atoms with van der Waals surface area (Å²) in [4.78, 5) is 11.1. The highest BCUT2D eigenvalue weighted by Gasteiger charge is 2.14. The molecule has 0 heterocycles. The van der Waals surface area contributed by atoms with E-state index in [9.17, 15) is 4.79 Å². The Hall–Kier alpha value is -1.51. The van der Waals surface area contributed by atoms with E-state index in [4.69, 9.17) is 4.74 Å². The Morgan fingerprint density at radius 1 is 1.27 bits per heavy atom. The number of esters is 1. The molecule has 0 aliphatic heterocycles. The fourth-order valence-electron chi connectivity index (χ4n) is 1.21. The van der Waals surface area contributed by atoms with Crippen molar-refractivity contribution in [1.82, 2.24) is 0 Å². The Labute approximate surface area is 90.0 Å². The number of aryl methyl sites for hydroxylation is 2. The van der Waals surface area contributed by atoms with Gasteiger partial charge in [-0.05, 0) is 44.0 Å². The molecule has 0 amide bonds. The molecule has 1 aromatic carbocycles. The second-order valence-corrected chi connectivity index (χ2v) is 3.53. The quantitative estimate of drug-likeness (QED) is 0.715. The number of carbonyl (C=O) groups excluding carboxylic acids is 1. The predicted molar refractivity (Wildman–Crippen MR) is 58.0 cm³/mol. The molecule has 1 rings (SSSR count). The summed E-state index contributed by atoms with van der Waals surface area (Å²) in [6.07, 6.45) is -0.572. The van der Waals surface area contributed by atoms with Crippen molar-refractivity contribution >= 4 is 5.97 Å². The van der Waals surface area contributed by atoms with Crippen LogP contribution < -0.4 is 4.74 Å². The molecular formula is C12H16O3. The van der Waals surface area contributed by atoms with Gasteiger partial charge in [0.05, 0.1) is 7.11 Å². The zero-order valence-electron chi connectivity index (χ0n) is 9.53. The number of rotatable bonds is 3. The minimum absolute atomic E-state index is 0.367. The van der Waals surface area contributed by atoms with Crippen LogP contribution in [0.5, 0.6) is 5.75 Å². The minimum atomic E-state index is -0.572. The Morgan fingerprint density at radius 2 is 1.93 bits per heavy atom. The minimum Gasteiger partial charge on any atom is -0.479 e. The lowest BCUT2D eigenvalue weighted by molar-refractivity contribution is -0.147. The smallest absolute Gasteiger partial charge is 0.346 e. The first-order valence-electron chi connectivity index (χ1n) is 4.86. The maximum atomic E-state index is 11.1. The summed E-state index contributed by atoms with van der Waals surface area (Å²) in [6, 6.07) is 5.73. The van der Waals surface area contributed by atoms with Gasteiger partial charge in [0.1, 0.15) is 5.75 Å². The Bertz CT molecular complexity index is 358. The van der Waals surface area contributed by atoms with Gasteiger partial charge in [-0.3, -0.25) is 0 Å². The number of hydrogen-bond acceptors (Lipinski definition) is 3. The summed E-state index contributed by atoms with van der Waals surface area (Å²) < 4.78 is 10.0. The van der Waals surface area contributed by atoms with Crippen molar-refractivity contribution < 1.29 is 14.3 Å². The lowest BCUT2D eigenvalue weighted by Crippen LogP contribution is -2.24. The third kappa shape index (κ3) is 2.98. The molecule has 0 saturated carbocycles. The normalized spacial score (nSPS) is 12.0. The first kappa shape index (κ1) is 11.6. The number of benzene rings is 1. The lowest BCUT2D eigenvalue weighted by atomic mass is 10.1. The molecule has 1 aromatic rings. The van der Waals surface area contributed by atoms with Gasteiger partial charge < -0.3 is 9.47 Å². The maximum Gasteiger partial charge on any atom is 0.346 e. The molecule has 0 aromatic heterocycles. The SMILES string of the molecule is COC(=O)[C@@H](C)Oc1ccc(C)c(C)c1. The second-order valence-electron chi connectivity index (χ2n) is 3.53. The van der Waals surface area contributed by atoms with Gasteiger partial charge in [-0.15, -0.1) is 0 Å². The zero-order chi connectivity index (χ0) is 11.4. The molecule has 0 saturated heterocycles. The Balaban J connectivity index is 2.73. The van der Waals surface area contributed by atoms with Gasteiger partial charge in [0, 0.05) is 0 Å². The fourth-order valence-corrected chi connectivity index (χ4v) is 1.21. The Kier molecular flexibility index (Phi) is 3.72. The standard InChI is InChI=1S/C12H16O3/c1-8-5-6-11(7-9(8)2)15-10(3)12(13)14-4/h5-7,10H,1-4H3/t10-/m1/s1. The molecule has 3 nitrogen and oxygen atoms in total. The Morgan fingerprint density at radius 3 is 2.47 bits per heavy atom. The van der Waals surface area contributed by atoms with E-state index < -0.39 is 6.10 Å². The molecule has 0 N–H and O–H groups in total. The van der Waals surface area contributed by atoms with E-state index in [0.29, 0.717) is 5.75 Å². The van der Waals surface area contributed by atoms with E-state index in [0.717, 1.165) is 5.56 Å². The van der Waals surface area contributed by atoms with E-state index in [1.54, 1.807) is 6.92 Å². The fraction of sp³-hybridized carbons (Fsp3) is 0.417. The summed E-state index contributed by atoms with van der Waals surface area (Å²) in [6.45, 7) is 5.70. The van der Waals surface area contributed by atoms with E-state index in [2.05, 4.69) is 4.74 Å². The highest BCUT2D eigenvalue weighted by atomic mass is 16.6. The van der Waals surface area contributed by atoms with Crippen molar-refractivity contribution in [3.63, 3.8) is 0 Å². The van der Waals surface area contributed by atoms with Gasteiger partial charge in [-0.25, -0.2) is 4.79 Å². The van der Waals surface area contributed by atoms with Crippen LogP contribution in [0.1, 0.15) is 18.1 Å². The summed E-state index contributed by atoms with van der Waals surface area (Å²) in [5.74, 6) is 0.323. The molecule has 1 atom stereocenters. The van der Waals surface area contributed by atoms with Crippen molar-refractivity contribution in [2.24, 2.45) is 0 Å². The van der Waals surface area contributed by atoms with Crippen molar-refractivity contribution in [2.75, 3.05) is 7.11 Å². The summed E-state index contributed by atoms with van der Waals surface area (Å²) in [7, 11) is 1.35. The molecular weight excluding hydrogens is 192 g/mol. The van der Waals surface area contributed by atoms with E-state index in [-0.39, 0.29) is 5.97 Å². The second kappa shape index (κ2) is 4.82. The van der Waals surface area contributed by atoms with Gasteiger partial charge >= 0.3 is 5.97 Å². The van der Waals surface area contributed by atoms with Crippen molar-refractivity contribution in [2.45, 2.75) is 26.9 Å². The monoisotopic (exact) mass is 208 g/mol. The number of hydrogen-bond donors (Lipinski definition) is 0. The van der Waals surface area contributed by atoms with Crippen LogP contribution in [0.3, 0.4) is 0 Å². The van der Waals surface area contributed by atoms with Gasteiger partial charge in [-0.2, -0.15) is 0 Å². The maximum absolute atomic E-state index is 11.1. The topological polar surface area (TPSA) is 35.5 Å². The van der Waals surface area contributed by atoms with Crippen LogP contribution in [0.4, 0.5) is 0 Å². The number of carbonyl (C=O) groups is 1. The molecule has 0 bridgehead atoms. The average molecular weight is 208 g/mol. The van der Waals surface area contributed by atoms with Crippen LogP contribution in [0.2, 0.25) is 0 Å². The highest BCUT2D eigenvalue weighted by molar-refractivity contribution is 5.74. The molecule has 0 aliphatic rings. The van der Waals surface area contributed by atoms with E-state index >= 15 is 0 Å². The van der Waals surface area contributed by atoms with Crippen molar-refractivity contribution in [1.29, 1.82) is 0 Å². The van der Waals surface area contributed by atoms with E-state index in [1.807, 2.05) is 32.0 Å². The third-order valence-electron chi connectivity index (χ3n) is 2.32. The van der Waals surface area contributed by atoms with Crippen LogP contribution in [0.25, 0.3) is 0 Å². The molecule has 3 heteroatoms. The predicted octanol–water partition coefficient (Wildman–Crippen LogP) is 2.24. The largest absolute Gasteiger partial charge is 0.479 e. The molecule has 0 fully saturated rings. The van der Waals surface area contributed by atoms with Crippen LogP contribution in [0, 0.1) is 13.8 Å². The van der Waals surface area contributed by atoms with Crippen molar-refractivity contribution in [3.8, 4) is 5.75 Å². The van der Waals surface area contributed by atoms with Crippen LogP contribution >= 0.6 is 0 Å². The number of methoxy groups -OCH3 is 1. The van der Waals surface area contributed by atoms with Gasteiger partial charge in [0.2, 0.25) is 0 Å². The molecule has 0 spiro atoms.